The third kappa shape index (κ3) is 6.85. The second kappa shape index (κ2) is 9.42. The highest BCUT2D eigenvalue weighted by molar-refractivity contribution is 5.75. The Morgan fingerprint density at radius 1 is 1.26 bits per heavy atom. The van der Waals surface area contributed by atoms with E-state index in [0.29, 0.717) is 13.0 Å². The topological polar surface area (TPSA) is 38.3 Å². The predicted octanol–water partition coefficient (Wildman–Crippen LogP) is 3.32. The minimum atomic E-state index is 0.137. The Labute approximate surface area is 116 Å². The van der Waals surface area contributed by atoms with Gasteiger partial charge in [-0.05, 0) is 37.0 Å². The number of hydrogen-bond donors (Lipinski definition) is 1. The fraction of sp³-hybridized carbons (Fsp3) is 0.562. The molecule has 0 saturated heterocycles. The van der Waals surface area contributed by atoms with E-state index in [-0.39, 0.29) is 5.91 Å². The molecule has 0 aliphatic rings. The van der Waals surface area contributed by atoms with Crippen LogP contribution in [-0.2, 0) is 11.2 Å². The molecule has 3 nitrogen and oxygen atoms in total. The highest BCUT2D eigenvalue weighted by Gasteiger charge is 2.00. The van der Waals surface area contributed by atoms with E-state index in [1.165, 1.54) is 5.56 Å². The van der Waals surface area contributed by atoms with E-state index in [1.807, 2.05) is 19.1 Å². The third-order valence-corrected chi connectivity index (χ3v) is 2.88. The van der Waals surface area contributed by atoms with Crippen LogP contribution in [-0.4, -0.2) is 19.1 Å². The zero-order valence-electron chi connectivity index (χ0n) is 12.1. The molecule has 106 valence electrons. The average Bonchev–Trinajstić information content (AvgIpc) is 2.40. The highest BCUT2D eigenvalue weighted by atomic mass is 16.5. The van der Waals surface area contributed by atoms with Gasteiger partial charge in [-0.3, -0.25) is 4.79 Å². The van der Waals surface area contributed by atoms with Crippen molar-refractivity contribution in [1.29, 1.82) is 0 Å². The van der Waals surface area contributed by atoms with Crippen molar-refractivity contribution in [2.75, 3.05) is 13.2 Å². The predicted molar refractivity (Wildman–Crippen MR) is 78.5 cm³/mol. The van der Waals surface area contributed by atoms with Gasteiger partial charge in [-0.1, -0.05) is 32.4 Å². The van der Waals surface area contributed by atoms with Gasteiger partial charge >= 0.3 is 0 Å². The summed E-state index contributed by atoms with van der Waals surface area (Å²) in [6.45, 7) is 5.62. The number of benzene rings is 1. The van der Waals surface area contributed by atoms with E-state index in [0.717, 1.165) is 38.0 Å². The molecule has 19 heavy (non-hydrogen) atoms. The number of unbranched alkanes of at least 4 members (excludes halogenated alkanes) is 1. The molecule has 0 heterocycles. The molecular weight excluding hydrogens is 238 g/mol. The maximum absolute atomic E-state index is 11.3. The zero-order valence-corrected chi connectivity index (χ0v) is 12.1. The Kier molecular flexibility index (Phi) is 7.71. The molecule has 1 N–H and O–H groups in total. The van der Waals surface area contributed by atoms with E-state index in [1.54, 1.807) is 0 Å². The number of nitrogens with one attached hydrogen (secondary N) is 1. The van der Waals surface area contributed by atoms with Gasteiger partial charge in [0.15, 0.2) is 0 Å². The minimum absolute atomic E-state index is 0.137. The monoisotopic (exact) mass is 263 g/mol. The number of carbonyl (C=O) groups is 1. The van der Waals surface area contributed by atoms with Crippen LogP contribution in [0.2, 0.25) is 0 Å². The molecule has 0 unspecified atom stereocenters. The molecule has 3 heteroatoms. The summed E-state index contributed by atoms with van der Waals surface area (Å²) in [5.41, 5.74) is 1.20. The molecule has 0 fully saturated rings. The van der Waals surface area contributed by atoms with Crippen LogP contribution in [0.25, 0.3) is 0 Å². The van der Waals surface area contributed by atoms with Crippen LogP contribution in [0.5, 0.6) is 5.75 Å². The van der Waals surface area contributed by atoms with Gasteiger partial charge in [0.2, 0.25) is 5.91 Å². The number of ether oxygens (including phenoxy) is 1. The summed E-state index contributed by atoms with van der Waals surface area (Å²) in [4.78, 5) is 11.3. The number of hydrogen-bond acceptors (Lipinski definition) is 2. The van der Waals surface area contributed by atoms with E-state index in [9.17, 15) is 4.79 Å². The first kappa shape index (κ1) is 15.5. The Morgan fingerprint density at radius 3 is 2.84 bits per heavy atom. The lowest BCUT2D eigenvalue weighted by Gasteiger charge is -2.08. The third-order valence-electron chi connectivity index (χ3n) is 2.88. The number of rotatable bonds is 9. The standard InChI is InChI=1S/C16H25NO2/c1-3-5-12-19-15-9-6-8-14(13-15)10-11-17-16(18)7-4-2/h6,8-9,13H,3-5,7,10-12H2,1-2H3,(H,17,18). The Balaban J connectivity index is 2.33. The molecule has 0 aliphatic carbocycles. The van der Waals surface area contributed by atoms with Gasteiger partial charge < -0.3 is 10.1 Å². The van der Waals surface area contributed by atoms with Crippen molar-refractivity contribution in [2.24, 2.45) is 0 Å². The van der Waals surface area contributed by atoms with Crippen molar-refractivity contribution in [2.45, 2.75) is 46.0 Å². The molecule has 1 aromatic carbocycles. The SMILES string of the molecule is CCCCOc1cccc(CCNC(=O)CCC)c1. The first-order chi connectivity index (χ1) is 9.26. The molecular formula is C16H25NO2. The highest BCUT2D eigenvalue weighted by Crippen LogP contribution is 2.14. The summed E-state index contributed by atoms with van der Waals surface area (Å²) in [6, 6.07) is 8.11. The number of carbonyl (C=O) groups excluding carboxylic acids is 1. The fourth-order valence-corrected chi connectivity index (χ4v) is 1.79. The first-order valence-corrected chi connectivity index (χ1v) is 7.24. The normalized spacial score (nSPS) is 10.2. The van der Waals surface area contributed by atoms with E-state index in [2.05, 4.69) is 24.4 Å². The zero-order chi connectivity index (χ0) is 13.9. The summed E-state index contributed by atoms with van der Waals surface area (Å²) in [6.07, 6.45) is 4.58. The summed E-state index contributed by atoms with van der Waals surface area (Å²) >= 11 is 0. The number of amides is 1. The minimum Gasteiger partial charge on any atom is -0.494 e. The van der Waals surface area contributed by atoms with Crippen LogP contribution in [0.1, 0.15) is 45.1 Å². The van der Waals surface area contributed by atoms with E-state index >= 15 is 0 Å². The van der Waals surface area contributed by atoms with Crippen molar-refractivity contribution in [3.63, 3.8) is 0 Å². The molecule has 1 rings (SSSR count). The van der Waals surface area contributed by atoms with Crippen molar-refractivity contribution in [3.8, 4) is 5.75 Å². The van der Waals surface area contributed by atoms with Crippen LogP contribution >= 0.6 is 0 Å². The van der Waals surface area contributed by atoms with Gasteiger partial charge in [0.1, 0.15) is 5.75 Å². The van der Waals surface area contributed by atoms with Gasteiger partial charge in [0.05, 0.1) is 6.61 Å². The van der Waals surface area contributed by atoms with Gasteiger partial charge in [0.25, 0.3) is 0 Å². The molecule has 1 aromatic rings. The maximum atomic E-state index is 11.3. The average molecular weight is 263 g/mol. The van der Waals surface area contributed by atoms with Gasteiger partial charge in [-0.15, -0.1) is 0 Å². The molecule has 0 atom stereocenters. The van der Waals surface area contributed by atoms with Crippen LogP contribution in [0, 0.1) is 0 Å². The Morgan fingerprint density at radius 2 is 2.11 bits per heavy atom. The van der Waals surface area contributed by atoms with Crippen molar-refractivity contribution < 1.29 is 9.53 Å². The van der Waals surface area contributed by atoms with Crippen LogP contribution in [0.3, 0.4) is 0 Å². The lowest BCUT2D eigenvalue weighted by Crippen LogP contribution is -2.25. The molecule has 0 aromatic heterocycles. The second-order valence-corrected chi connectivity index (χ2v) is 4.70. The van der Waals surface area contributed by atoms with Gasteiger partial charge in [0, 0.05) is 13.0 Å². The largest absolute Gasteiger partial charge is 0.494 e. The van der Waals surface area contributed by atoms with Crippen LogP contribution in [0.4, 0.5) is 0 Å². The van der Waals surface area contributed by atoms with Crippen LogP contribution < -0.4 is 10.1 Å². The van der Waals surface area contributed by atoms with E-state index in [4.69, 9.17) is 4.74 Å². The van der Waals surface area contributed by atoms with Gasteiger partial charge in [-0.2, -0.15) is 0 Å². The second-order valence-electron chi connectivity index (χ2n) is 4.70. The maximum Gasteiger partial charge on any atom is 0.219 e. The lowest BCUT2D eigenvalue weighted by molar-refractivity contribution is -0.121. The smallest absolute Gasteiger partial charge is 0.219 e. The molecule has 0 spiro atoms. The van der Waals surface area contributed by atoms with Crippen LogP contribution in [0.15, 0.2) is 24.3 Å². The lowest BCUT2D eigenvalue weighted by atomic mass is 10.1. The summed E-state index contributed by atoms with van der Waals surface area (Å²) in [5.74, 6) is 1.06. The summed E-state index contributed by atoms with van der Waals surface area (Å²) in [7, 11) is 0. The summed E-state index contributed by atoms with van der Waals surface area (Å²) in [5, 5.41) is 2.92. The van der Waals surface area contributed by atoms with Crippen molar-refractivity contribution >= 4 is 5.91 Å². The van der Waals surface area contributed by atoms with Crippen molar-refractivity contribution in [3.05, 3.63) is 29.8 Å². The summed E-state index contributed by atoms with van der Waals surface area (Å²) < 4.78 is 5.67. The molecule has 0 bridgehead atoms. The first-order valence-electron chi connectivity index (χ1n) is 7.24. The molecule has 1 amide bonds. The molecule has 0 saturated carbocycles. The van der Waals surface area contributed by atoms with Gasteiger partial charge in [-0.25, -0.2) is 0 Å². The Bertz CT molecular complexity index is 377. The van der Waals surface area contributed by atoms with E-state index < -0.39 is 0 Å². The Hall–Kier alpha value is -1.51. The fourth-order valence-electron chi connectivity index (χ4n) is 1.79. The molecule has 0 radical (unpaired) electrons. The van der Waals surface area contributed by atoms with Crippen molar-refractivity contribution in [1.82, 2.24) is 5.32 Å². The molecule has 0 aliphatic heterocycles. The quantitative estimate of drug-likeness (QED) is 0.694.